The predicted octanol–water partition coefficient (Wildman–Crippen LogP) is 7.04. The van der Waals surface area contributed by atoms with Crippen molar-refractivity contribution in [3.8, 4) is 0 Å². The Morgan fingerprint density at radius 3 is 2.03 bits per heavy atom. The van der Waals surface area contributed by atoms with E-state index in [4.69, 9.17) is 9.84 Å². The number of hydrogen-bond donors (Lipinski definition) is 2. The SMILES string of the molecule is CCCCCCC(CCCCCC)CCC(=O)OCC(C)(C)CCCCCNCCO. The molecule has 0 aliphatic heterocycles. The second-order valence-electron chi connectivity index (χ2n) is 10.2. The van der Waals surface area contributed by atoms with Crippen LogP contribution in [0.5, 0.6) is 0 Å². The zero-order chi connectivity index (χ0) is 23.2. The average Bonchev–Trinajstić information content (AvgIpc) is 2.75. The number of unbranched alkanes of at least 4 members (excludes halogenated alkanes) is 8. The minimum Gasteiger partial charge on any atom is -0.465 e. The zero-order valence-corrected chi connectivity index (χ0v) is 21.5. The van der Waals surface area contributed by atoms with E-state index in [1.165, 1.54) is 70.6 Å². The smallest absolute Gasteiger partial charge is 0.305 e. The van der Waals surface area contributed by atoms with Gasteiger partial charge in [-0.1, -0.05) is 105 Å². The van der Waals surface area contributed by atoms with Crippen molar-refractivity contribution in [3.05, 3.63) is 0 Å². The van der Waals surface area contributed by atoms with E-state index in [9.17, 15) is 4.79 Å². The number of aliphatic hydroxyl groups excluding tert-OH is 1. The highest BCUT2D eigenvalue weighted by Crippen LogP contribution is 2.26. The quantitative estimate of drug-likeness (QED) is 0.132. The van der Waals surface area contributed by atoms with Crippen molar-refractivity contribution in [1.29, 1.82) is 0 Å². The summed E-state index contributed by atoms with van der Waals surface area (Å²) in [6.45, 7) is 11.3. The summed E-state index contributed by atoms with van der Waals surface area (Å²) in [5.74, 6) is 0.683. The molecule has 0 unspecified atom stereocenters. The molecule has 4 heteroatoms. The third kappa shape index (κ3) is 21.0. The Morgan fingerprint density at radius 1 is 0.839 bits per heavy atom. The number of aliphatic hydroxyl groups is 1. The maximum atomic E-state index is 12.4. The minimum absolute atomic E-state index is 0.00612. The largest absolute Gasteiger partial charge is 0.465 e. The molecule has 0 rings (SSSR count). The molecule has 0 aromatic heterocycles. The Morgan fingerprint density at radius 2 is 1.45 bits per heavy atom. The van der Waals surface area contributed by atoms with Gasteiger partial charge in [0.2, 0.25) is 0 Å². The highest BCUT2D eigenvalue weighted by molar-refractivity contribution is 5.69. The van der Waals surface area contributed by atoms with Crippen LogP contribution >= 0.6 is 0 Å². The Hall–Kier alpha value is -0.610. The van der Waals surface area contributed by atoms with Crippen LogP contribution in [0.1, 0.15) is 130 Å². The second kappa shape index (κ2) is 21.2. The average molecular weight is 442 g/mol. The topological polar surface area (TPSA) is 58.6 Å². The number of nitrogens with one attached hydrogen (secondary N) is 1. The summed E-state index contributed by atoms with van der Waals surface area (Å²) < 4.78 is 5.67. The van der Waals surface area contributed by atoms with E-state index in [1.807, 2.05) is 0 Å². The Bertz CT molecular complexity index is 386. The molecule has 0 bridgehead atoms. The molecule has 31 heavy (non-hydrogen) atoms. The van der Waals surface area contributed by atoms with Crippen LogP contribution in [0, 0.1) is 11.3 Å². The Balaban J connectivity index is 4.06. The van der Waals surface area contributed by atoms with Crippen molar-refractivity contribution < 1.29 is 14.6 Å². The molecule has 0 saturated heterocycles. The lowest BCUT2D eigenvalue weighted by Crippen LogP contribution is -2.22. The van der Waals surface area contributed by atoms with E-state index in [2.05, 4.69) is 33.0 Å². The summed E-state index contributed by atoms with van der Waals surface area (Å²) in [6.07, 6.45) is 19.2. The summed E-state index contributed by atoms with van der Waals surface area (Å²) in [4.78, 5) is 12.4. The molecule has 0 atom stereocenters. The highest BCUT2D eigenvalue weighted by Gasteiger charge is 2.20. The van der Waals surface area contributed by atoms with Crippen LogP contribution in [0.2, 0.25) is 0 Å². The van der Waals surface area contributed by atoms with E-state index in [0.717, 1.165) is 32.2 Å². The van der Waals surface area contributed by atoms with Gasteiger partial charge < -0.3 is 15.2 Å². The summed E-state index contributed by atoms with van der Waals surface area (Å²) >= 11 is 0. The van der Waals surface area contributed by atoms with Gasteiger partial charge in [-0.3, -0.25) is 4.79 Å². The fraction of sp³-hybridized carbons (Fsp3) is 0.963. The summed E-state index contributed by atoms with van der Waals surface area (Å²) in [7, 11) is 0. The van der Waals surface area contributed by atoms with Crippen molar-refractivity contribution in [1.82, 2.24) is 5.32 Å². The summed E-state index contributed by atoms with van der Waals surface area (Å²) in [5, 5.41) is 12.0. The molecule has 0 saturated carbocycles. The lowest BCUT2D eigenvalue weighted by atomic mass is 9.88. The first kappa shape index (κ1) is 30.4. The van der Waals surface area contributed by atoms with E-state index in [0.29, 0.717) is 25.5 Å². The Labute approximate surface area is 194 Å². The van der Waals surface area contributed by atoms with Gasteiger partial charge in [0.15, 0.2) is 0 Å². The first-order valence-corrected chi connectivity index (χ1v) is 13.4. The van der Waals surface area contributed by atoms with Crippen LogP contribution in [0.3, 0.4) is 0 Å². The van der Waals surface area contributed by atoms with Crippen LogP contribution < -0.4 is 5.32 Å². The number of carbonyl (C=O) groups is 1. The van der Waals surface area contributed by atoms with Crippen molar-refractivity contribution in [2.75, 3.05) is 26.3 Å². The zero-order valence-electron chi connectivity index (χ0n) is 21.5. The van der Waals surface area contributed by atoms with Crippen LogP contribution in [-0.4, -0.2) is 37.4 Å². The van der Waals surface area contributed by atoms with Crippen molar-refractivity contribution >= 4 is 5.97 Å². The van der Waals surface area contributed by atoms with Gasteiger partial charge in [-0.2, -0.15) is 0 Å². The molecule has 0 radical (unpaired) electrons. The van der Waals surface area contributed by atoms with Crippen LogP contribution in [-0.2, 0) is 9.53 Å². The van der Waals surface area contributed by atoms with Crippen molar-refractivity contribution in [2.45, 2.75) is 130 Å². The van der Waals surface area contributed by atoms with Gasteiger partial charge >= 0.3 is 5.97 Å². The van der Waals surface area contributed by atoms with Crippen molar-refractivity contribution in [3.63, 3.8) is 0 Å². The maximum Gasteiger partial charge on any atom is 0.305 e. The van der Waals surface area contributed by atoms with E-state index < -0.39 is 0 Å². The fourth-order valence-corrected chi connectivity index (χ4v) is 4.13. The van der Waals surface area contributed by atoms with E-state index in [1.54, 1.807) is 0 Å². The summed E-state index contributed by atoms with van der Waals surface area (Å²) in [6, 6.07) is 0. The van der Waals surface area contributed by atoms with Crippen molar-refractivity contribution in [2.24, 2.45) is 11.3 Å². The van der Waals surface area contributed by atoms with Gasteiger partial charge in [-0.15, -0.1) is 0 Å². The monoisotopic (exact) mass is 441 g/mol. The number of rotatable bonds is 23. The van der Waals surface area contributed by atoms with Gasteiger partial charge in [0.05, 0.1) is 13.2 Å². The third-order valence-corrected chi connectivity index (χ3v) is 6.31. The third-order valence-electron chi connectivity index (χ3n) is 6.31. The van der Waals surface area contributed by atoms with E-state index in [-0.39, 0.29) is 18.0 Å². The summed E-state index contributed by atoms with van der Waals surface area (Å²) in [5.41, 5.74) is 0.0495. The standard InChI is InChI=1S/C27H55NO3/c1-5-7-9-12-16-25(17-13-10-8-6-2)18-19-26(30)31-24-27(3,4)20-14-11-15-21-28-22-23-29/h25,28-29H,5-24H2,1-4H3. The van der Waals surface area contributed by atoms with Gasteiger partial charge in [0, 0.05) is 13.0 Å². The molecule has 4 nitrogen and oxygen atoms in total. The molecular weight excluding hydrogens is 386 g/mol. The first-order chi connectivity index (χ1) is 14.9. The molecule has 0 spiro atoms. The molecule has 0 amide bonds. The van der Waals surface area contributed by atoms with Gasteiger partial charge in [-0.25, -0.2) is 0 Å². The van der Waals surface area contributed by atoms with Crippen LogP contribution in [0.25, 0.3) is 0 Å². The van der Waals surface area contributed by atoms with Crippen LogP contribution in [0.4, 0.5) is 0 Å². The molecule has 0 aromatic rings. The van der Waals surface area contributed by atoms with Gasteiger partial charge in [0.1, 0.15) is 0 Å². The minimum atomic E-state index is -0.00612. The highest BCUT2D eigenvalue weighted by atomic mass is 16.5. The number of hydrogen-bond acceptors (Lipinski definition) is 4. The first-order valence-electron chi connectivity index (χ1n) is 13.4. The molecule has 0 aromatic carbocycles. The Kier molecular flexibility index (Phi) is 20.8. The lowest BCUT2D eigenvalue weighted by Gasteiger charge is -2.24. The number of esters is 1. The second-order valence-corrected chi connectivity index (χ2v) is 10.2. The molecule has 0 aliphatic carbocycles. The molecule has 0 heterocycles. The molecule has 0 fully saturated rings. The molecule has 186 valence electrons. The van der Waals surface area contributed by atoms with Gasteiger partial charge in [-0.05, 0) is 37.1 Å². The van der Waals surface area contributed by atoms with Crippen LogP contribution in [0.15, 0.2) is 0 Å². The number of carbonyl (C=O) groups excluding carboxylic acids is 1. The molecule has 2 N–H and O–H groups in total. The molecule has 0 aliphatic rings. The van der Waals surface area contributed by atoms with E-state index >= 15 is 0 Å². The molecular formula is C27H55NO3. The normalized spacial score (nSPS) is 11.9. The predicted molar refractivity (Wildman–Crippen MR) is 133 cm³/mol. The maximum absolute atomic E-state index is 12.4. The number of ether oxygens (including phenoxy) is 1. The lowest BCUT2D eigenvalue weighted by molar-refractivity contribution is -0.147. The fourth-order valence-electron chi connectivity index (χ4n) is 4.13. The van der Waals surface area contributed by atoms with Gasteiger partial charge in [0.25, 0.3) is 0 Å².